The second-order valence-corrected chi connectivity index (χ2v) is 4.14. The minimum atomic E-state index is -0.940. The smallest absolute Gasteiger partial charge is 0.273 e. The first-order valence-electron chi connectivity index (χ1n) is 5.53. The van der Waals surface area contributed by atoms with Gasteiger partial charge in [-0.1, -0.05) is 12.8 Å². The normalized spacial score (nSPS) is 25.4. The first-order valence-corrected chi connectivity index (χ1v) is 5.53. The SMILES string of the molecule is Cc1ocnc1C(=O)N[C@@H]1CCCC[C@H]1F. The number of aromatic nitrogens is 1. The average Bonchev–Trinajstić information content (AvgIpc) is 2.68. The zero-order chi connectivity index (χ0) is 11.5. The van der Waals surface area contributed by atoms with Crippen molar-refractivity contribution in [2.75, 3.05) is 0 Å². The van der Waals surface area contributed by atoms with Gasteiger partial charge in [0.1, 0.15) is 11.9 Å². The maximum Gasteiger partial charge on any atom is 0.273 e. The van der Waals surface area contributed by atoms with E-state index in [1.54, 1.807) is 6.92 Å². The first kappa shape index (κ1) is 11.1. The Kier molecular flexibility index (Phi) is 3.22. The van der Waals surface area contributed by atoms with Crippen LogP contribution >= 0.6 is 0 Å². The molecular weight excluding hydrogens is 211 g/mol. The van der Waals surface area contributed by atoms with E-state index in [9.17, 15) is 9.18 Å². The molecule has 2 atom stereocenters. The van der Waals surface area contributed by atoms with Crippen molar-refractivity contribution in [3.05, 3.63) is 17.8 Å². The third-order valence-electron chi connectivity index (χ3n) is 2.96. The number of hydrogen-bond acceptors (Lipinski definition) is 3. The summed E-state index contributed by atoms with van der Waals surface area (Å²) < 4.78 is 18.4. The molecule has 0 bridgehead atoms. The van der Waals surface area contributed by atoms with Crippen molar-refractivity contribution in [1.29, 1.82) is 0 Å². The van der Waals surface area contributed by atoms with E-state index in [1.807, 2.05) is 0 Å². The van der Waals surface area contributed by atoms with E-state index in [0.717, 1.165) is 12.8 Å². The fourth-order valence-corrected chi connectivity index (χ4v) is 2.01. The van der Waals surface area contributed by atoms with Gasteiger partial charge in [-0.05, 0) is 19.8 Å². The molecule has 0 saturated heterocycles. The maximum atomic E-state index is 13.5. The van der Waals surface area contributed by atoms with Gasteiger partial charge in [0.25, 0.3) is 5.91 Å². The van der Waals surface area contributed by atoms with Crippen LogP contribution in [0.2, 0.25) is 0 Å². The van der Waals surface area contributed by atoms with Crippen LogP contribution in [0.3, 0.4) is 0 Å². The van der Waals surface area contributed by atoms with Crippen molar-refractivity contribution in [3.8, 4) is 0 Å². The highest BCUT2D eigenvalue weighted by Gasteiger charge is 2.27. The fourth-order valence-electron chi connectivity index (χ4n) is 2.01. The summed E-state index contributed by atoms with van der Waals surface area (Å²) >= 11 is 0. The number of rotatable bonds is 2. The molecule has 1 amide bonds. The maximum absolute atomic E-state index is 13.5. The van der Waals surface area contributed by atoms with Gasteiger partial charge in [-0.25, -0.2) is 9.37 Å². The number of nitrogens with zero attached hydrogens (tertiary/aromatic N) is 1. The molecular formula is C11H15FN2O2. The van der Waals surface area contributed by atoms with Gasteiger partial charge in [0, 0.05) is 0 Å². The van der Waals surface area contributed by atoms with Crippen LogP contribution in [0.1, 0.15) is 41.9 Å². The zero-order valence-corrected chi connectivity index (χ0v) is 9.20. The molecule has 2 rings (SSSR count). The number of aryl methyl sites for hydroxylation is 1. The van der Waals surface area contributed by atoms with Crippen LogP contribution < -0.4 is 5.32 Å². The lowest BCUT2D eigenvalue weighted by atomic mass is 9.93. The van der Waals surface area contributed by atoms with Gasteiger partial charge in [-0.3, -0.25) is 4.79 Å². The summed E-state index contributed by atoms with van der Waals surface area (Å²) in [4.78, 5) is 15.5. The molecule has 88 valence electrons. The second kappa shape index (κ2) is 4.63. The molecule has 16 heavy (non-hydrogen) atoms. The first-order chi connectivity index (χ1) is 7.68. The standard InChI is InChI=1S/C11H15FN2O2/c1-7-10(13-6-16-7)11(15)14-9-5-3-2-4-8(9)12/h6,8-9H,2-5H2,1H3,(H,14,15)/t8-,9-/m1/s1. The van der Waals surface area contributed by atoms with Gasteiger partial charge in [0.15, 0.2) is 12.1 Å². The molecule has 1 aromatic heterocycles. The summed E-state index contributed by atoms with van der Waals surface area (Å²) in [6, 6.07) is -0.377. The van der Waals surface area contributed by atoms with E-state index < -0.39 is 6.17 Å². The number of halogens is 1. The van der Waals surface area contributed by atoms with Gasteiger partial charge >= 0.3 is 0 Å². The summed E-state index contributed by atoms with van der Waals surface area (Å²) in [6.07, 6.45) is 3.37. The molecule has 4 nitrogen and oxygen atoms in total. The number of alkyl halides is 1. The minimum absolute atomic E-state index is 0.248. The lowest BCUT2D eigenvalue weighted by Crippen LogP contribution is -2.43. The molecule has 1 N–H and O–H groups in total. The molecule has 5 heteroatoms. The Hall–Kier alpha value is -1.39. The van der Waals surface area contributed by atoms with Gasteiger partial charge in [-0.2, -0.15) is 0 Å². The molecule has 1 aliphatic carbocycles. The molecule has 0 aliphatic heterocycles. The summed E-state index contributed by atoms with van der Waals surface area (Å²) in [6.45, 7) is 1.66. The number of oxazole rings is 1. The number of hydrogen-bond donors (Lipinski definition) is 1. The van der Waals surface area contributed by atoms with Crippen LogP contribution in [0.15, 0.2) is 10.8 Å². The Bertz CT molecular complexity index is 378. The quantitative estimate of drug-likeness (QED) is 0.839. The Morgan fingerprint density at radius 2 is 2.31 bits per heavy atom. The van der Waals surface area contributed by atoms with Gasteiger partial charge in [0.2, 0.25) is 0 Å². The Morgan fingerprint density at radius 3 is 2.94 bits per heavy atom. The van der Waals surface area contributed by atoms with Crippen molar-refractivity contribution in [2.45, 2.75) is 44.8 Å². The zero-order valence-electron chi connectivity index (χ0n) is 9.20. The van der Waals surface area contributed by atoms with Crippen LogP contribution in [0, 0.1) is 6.92 Å². The van der Waals surface area contributed by atoms with Gasteiger partial charge in [-0.15, -0.1) is 0 Å². The number of amides is 1. The van der Waals surface area contributed by atoms with Crippen molar-refractivity contribution >= 4 is 5.91 Å². The number of carbonyl (C=O) groups is 1. The lowest BCUT2D eigenvalue weighted by molar-refractivity contribution is 0.0878. The highest BCUT2D eigenvalue weighted by Crippen LogP contribution is 2.21. The molecule has 0 radical (unpaired) electrons. The topological polar surface area (TPSA) is 55.1 Å². The highest BCUT2D eigenvalue weighted by molar-refractivity contribution is 5.93. The highest BCUT2D eigenvalue weighted by atomic mass is 19.1. The van der Waals surface area contributed by atoms with E-state index in [-0.39, 0.29) is 17.6 Å². The third kappa shape index (κ3) is 2.23. The largest absolute Gasteiger partial charge is 0.448 e. The summed E-state index contributed by atoms with van der Waals surface area (Å²) in [5.74, 6) is 0.115. The van der Waals surface area contributed by atoms with Crippen LogP contribution in [-0.2, 0) is 0 Å². The van der Waals surface area contributed by atoms with E-state index in [2.05, 4.69) is 10.3 Å². The minimum Gasteiger partial charge on any atom is -0.448 e. The van der Waals surface area contributed by atoms with Crippen LogP contribution in [0.25, 0.3) is 0 Å². The van der Waals surface area contributed by atoms with E-state index in [4.69, 9.17) is 4.42 Å². The monoisotopic (exact) mass is 226 g/mol. The molecule has 0 unspecified atom stereocenters. The van der Waals surface area contributed by atoms with Crippen molar-refractivity contribution in [1.82, 2.24) is 10.3 Å². The molecule has 1 fully saturated rings. The fraction of sp³-hybridized carbons (Fsp3) is 0.636. The summed E-state index contributed by atoms with van der Waals surface area (Å²) in [5, 5.41) is 2.68. The Labute approximate surface area is 93.2 Å². The van der Waals surface area contributed by atoms with Crippen molar-refractivity contribution < 1.29 is 13.6 Å². The van der Waals surface area contributed by atoms with E-state index >= 15 is 0 Å². The summed E-state index contributed by atoms with van der Waals surface area (Å²) in [7, 11) is 0. The lowest BCUT2D eigenvalue weighted by Gasteiger charge is -2.26. The second-order valence-electron chi connectivity index (χ2n) is 4.14. The van der Waals surface area contributed by atoms with Crippen LogP contribution in [0.4, 0.5) is 4.39 Å². The summed E-state index contributed by atoms with van der Waals surface area (Å²) in [5.41, 5.74) is 0.248. The molecule has 1 saturated carbocycles. The third-order valence-corrected chi connectivity index (χ3v) is 2.96. The predicted molar refractivity (Wildman–Crippen MR) is 55.9 cm³/mol. The van der Waals surface area contributed by atoms with Crippen LogP contribution in [-0.4, -0.2) is 23.1 Å². The van der Waals surface area contributed by atoms with Crippen molar-refractivity contribution in [3.63, 3.8) is 0 Å². The number of carbonyl (C=O) groups excluding carboxylic acids is 1. The van der Waals surface area contributed by atoms with E-state index in [0.29, 0.717) is 18.6 Å². The van der Waals surface area contributed by atoms with Crippen LogP contribution in [0.5, 0.6) is 0 Å². The van der Waals surface area contributed by atoms with Gasteiger partial charge in [0.05, 0.1) is 6.04 Å². The van der Waals surface area contributed by atoms with Gasteiger partial charge < -0.3 is 9.73 Å². The molecule has 0 spiro atoms. The van der Waals surface area contributed by atoms with E-state index in [1.165, 1.54) is 6.39 Å². The molecule has 0 aromatic carbocycles. The molecule has 1 aliphatic rings. The Morgan fingerprint density at radius 1 is 1.56 bits per heavy atom. The predicted octanol–water partition coefficient (Wildman–Crippen LogP) is 1.99. The molecule has 1 heterocycles. The van der Waals surface area contributed by atoms with Crippen molar-refractivity contribution in [2.24, 2.45) is 0 Å². The number of nitrogens with one attached hydrogen (secondary N) is 1. The Balaban J connectivity index is 1.99. The molecule has 1 aromatic rings. The average molecular weight is 226 g/mol.